The lowest BCUT2D eigenvalue weighted by atomic mass is 9.47. The number of fused-ring (bicyclic) bond motifs is 5. The molecule has 4 aliphatic carbocycles. The number of amides is 2. The minimum Gasteiger partial charge on any atom is -0.446 e. The highest BCUT2D eigenvalue weighted by Gasteiger charge is 2.59. The van der Waals surface area contributed by atoms with Crippen molar-refractivity contribution in [2.75, 3.05) is 6.54 Å². The molecule has 2 amide bonds. The standard InChI is InChI=1S/C32H53N2O3/c1-7-33-29(35)20-34-30(36)37-24-15-17-31(5)23(19-24)11-12-25-27-14-13-26(22(4)10-8-9-21(2)3)32(27,6)18-16-28(25)31/h11,20-22,24-28H,7-10,12-19H2,1-6H3,(H,33,35)(H,34,36)/t22-,24+,25+,26-,27+,28+,31+,32-/m1/s1. The number of carbonyl (C=O) groups is 2. The van der Waals surface area contributed by atoms with Gasteiger partial charge in [-0.05, 0) is 98.2 Å². The van der Waals surface area contributed by atoms with Gasteiger partial charge in [0.2, 0.25) is 5.91 Å². The molecule has 0 spiro atoms. The summed E-state index contributed by atoms with van der Waals surface area (Å²) in [7, 11) is 0. The van der Waals surface area contributed by atoms with Gasteiger partial charge < -0.3 is 15.4 Å². The lowest BCUT2D eigenvalue weighted by Gasteiger charge is -2.58. The number of nitrogens with one attached hydrogen (secondary N) is 2. The molecule has 1 radical (unpaired) electrons. The van der Waals surface area contributed by atoms with Gasteiger partial charge in [-0.3, -0.25) is 4.79 Å². The first-order valence-electron chi connectivity index (χ1n) is 15.4. The fourth-order valence-corrected chi connectivity index (χ4v) is 9.29. The van der Waals surface area contributed by atoms with E-state index in [0.29, 0.717) is 12.0 Å². The molecule has 5 heteroatoms. The Morgan fingerprint density at radius 3 is 2.59 bits per heavy atom. The van der Waals surface area contributed by atoms with E-state index in [0.717, 1.165) is 61.3 Å². The van der Waals surface area contributed by atoms with Crippen LogP contribution < -0.4 is 10.6 Å². The molecule has 0 bridgehead atoms. The Bertz CT molecular complexity index is 853. The van der Waals surface area contributed by atoms with Gasteiger partial charge in [0.05, 0.1) is 0 Å². The summed E-state index contributed by atoms with van der Waals surface area (Å²) in [5.74, 6) is 4.69. The Labute approximate surface area is 226 Å². The second-order valence-electron chi connectivity index (χ2n) is 13.7. The second kappa shape index (κ2) is 11.7. The van der Waals surface area contributed by atoms with Crippen molar-refractivity contribution in [2.24, 2.45) is 46.3 Å². The van der Waals surface area contributed by atoms with Crippen LogP contribution in [-0.4, -0.2) is 24.6 Å². The van der Waals surface area contributed by atoms with Gasteiger partial charge in [0.25, 0.3) is 0 Å². The summed E-state index contributed by atoms with van der Waals surface area (Å²) in [6.45, 7) is 16.0. The summed E-state index contributed by atoms with van der Waals surface area (Å²) in [4.78, 5) is 23.9. The zero-order chi connectivity index (χ0) is 26.8. The van der Waals surface area contributed by atoms with Gasteiger partial charge in [0.1, 0.15) is 12.6 Å². The minimum absolute atomic E-state index is 0.102. The van der Waals surface area contributed by atoms with Crippen molar-refractivity contribution >= 4 is 12.0 Å². The van der Waals surface area contributed by atoms with Crippen LogP contribution in [0.2, 0.25) is 0 Å². The number of ether oxygens (including phenoxy) is 1. The largest absolute Gasteiger partial charge is 0.446 e. The van der Waals surface area contributed by atoms with Gasteiger partial charge in [-0.2, -0.15) is 0 Å². The molecule has 4 aliphatic rings. The molecule has 0 saturated heterocycles. The number of hydrogen-bond acceptors (Lipinski definition) is 3. The fourth-order valence-electron chi connectivity index (χ4n) is 9.29. The number of carbonyl (C=O) groups excluding carboxylic acids is 2. The van der Waals surface area contributed by atoms with Crippen molar-refractivity contribution in [3.8, 4) is 0 Å². The van der Waals surface area contributed by atoms with Crippen LogP contribution in [0, 0.1) is 52.9 Å². The van der Waals surface area contributed by atoms with E-state index >= 15 is 0 Å². The maximum Gasteiger partial charge on any atom is 0.408 e. The molecular formula is C32H53N2O3. The van der Waals surface area contributed by atoms with Gasteiger partial charge >= 0.3 is 6.09 Å². The van der Waals surface area contributed by atoms with Crippen LogP contribution in [0.25, 0.3) is 0 Å². The number of allylic oxidation sites excluding steroid dienone is 1. The molecule has 0 unspecified atom stereocenters. The van der Waals surface area contributed by atoms with E-state index in [4.69, 9.17) is 4.74 Å². The van der Waals surface area contributed by atoms with Gasteiger partial charge in [-0.15, -0.1) is 0 Å². The highest BCUT2D eigenvalue weighted by atomic mass is 16.6. The maximum absolute atomic E-state index is 12.3. The van der Waals surface area contributed by atoms with Crippen molar-refractivity contribution in [1.29, 1.82) is 0 Å². The van der Waals surface area contributed by atoms with Crippen LogP contribution in [0.5, 0.6) is 0 Å². The molecular weight excluding hydrogens is 460 g/mol. The molecule has 3 saturated carbocycles. The zero-order valence-corrected chi connectivity index (χ0v) is 24.4. The average Bonchev–Trinajstić information content (AvgIpc) is 3.20. The highest BCUT2D eigenvalue weighted by molar-refractivity contribution is 5.87. The fraction of sp³-hybridized carbons (Fsp3) is 0.844. The summed E-state index contributed by atoms with van der Waals surface area (Å²) < 4.78 is 5.72. The molecule has 0 aromatic carbocycles. The van der Waals surface area contributed by atoms with Crippen LogP contribution in [0.15, 0.2) is 11.6 Å². The van der Waals surface area contributed by atoms with E-state index < -0.39 is 6.09 Å². The van der Waals surface area contributed by atoms with Gasteiger partial charge in [-0.1, -0.05) is 65.5 Å². The van der Waals surface area contributed by atoms with E-state index in [1.807, 2.05) is 6.92 Å². The minimum atomic E-state index is -0.526. The molecule has 3 fully saturated rings. The Hall–Kier alpha value is -1.52. The smallest absolute Gasteiger partial charge is 0.408 e. The molecule has 0 aromatic heterocycles. The van der Waals surface area contributed by atoms with Crippen molar-refractivity contribution in [3.63, 3.8) is 0 Å². The number of alkyl carbamates (subject to hydrolysis) is 1. The van der Waals surface area contributed by atoms with Gasteiger partial charge in [0.15, 0.2) is 0 Å². The van der Waals surface area contributed by atoms with E-state index in [1.165, 1.54) is 56.9 Å². The number of likely N-dealkylation sites (N-methyl/N-ethyl adjacent to an activating group) is 1. The summed E-state index contributed by atoms with van der Waals surface area (Å²) in [5.41, 5.74) is 2.28. The lowest BCUT2D eigenvalue weighted by molar-refractivity contribution is -0.118. The lowest BCUT2D eigenvalue weighted by Crippen LogP contribution is -2.51. The summed E-state index contributed by atoms with van der Waals surface area (Å²) in [6.07, 6.45) is 15.7. The van der Waals surface area contributed by atoms with Crippen LogP contribution >= 0.6 is 0 Å². The highest BCUT2D eigenvalue weighted by Crippen LogP contribution is 2.67. The third kappa shape index (κ3) is 5.91. The number of hydrogen-bond donors (Lipinski definition) is 2. The maximum atomic E-state index is 12.3. The van der Waals surface area contributed by atoms with Crippen LogP contribution in [0.3, 0.4) is 0 Å². The predicted molar refractivity (Wildman–Crippen MR) is 149 cm³/mol. The second-order valence-corrected chi connectivity index (χ2v) is 13.7. The Morgan fingerprint density at radius 1 is 1.08 bits per heavy atom. The van der Waals surface area contributed by atoms with E-state index in [2.05, 4.69) is 51.3 Å². The quantitative estimate of drug-likeness (QED) is 0.315. The third-order valence-corrected chi connectivity index (χ3v) is 11.2. The van der Waals surface area contributed by atoms with E-state index in [-0.39, 0.29) is 17.4 Å². The van der Waals surface area contributed by atoms with E-state index in [1.54, 1.807) is 0 Å². The van der Waals surface area contributed by atoms with Crippen LogP contribution in [0.4, 0.5) is 4.79 Å². The number of rotatable bonds is 9. The monoisotopic (exact) mass is 513 g/mol. The zero-order valence-electron chi connectivity index (χ0n) is 24.4. The first-order valence-corrected chi connectivity index (χ1v) is 15.4. The molecule has 0 heterocycles. The first kappa shape index (κ1) is 28.5. The first-order chi connectivity index (χ1) is 17.6. The van der Waals surface area contributed by atoms with Crippen LogP contribution in [-0.2, 0) is 9.53 Å². The van der Waals surface area contributed by atoms with Gasteiger partial charge in [-0.25, -0.2) is 4.79 Å². The van der Waals surface area contributed by atoms with Crippen LogP contribution in [0.1, 0.15) is 112 Å². The SMILES string of the molecule is CCNC(=O)[CH]NC(=O)O[C@H]1CC[C@@]2(C)C(=CC[C@H]3[C@@H]4CC[C@H]([C@H](C)CCCC(C)C)[C@@]4(C)CC[C@@H]32)C1. The molecule has 8 atom stereocenters. The Morgan fingerprint density at radius 2 is 1.86 bits per heavy atom. The summed E-state index contributed by atoms with van der Waals surface area (Å²) in [6, 6.07) is 0. The Balaban J connectivity index is 1.36. The molecule has 5 nitrogen and oxygen atoms in total. The molecule has 0 aromatic rings. The Kier molecular flexibility index (Phi) is 9.01. The summed E-state index contributed by atoms with van der Waals surface area (Å²) in [5, 5.41) is 5.12. The molecule has 2 N–H and O–H groups in total. The molecule has 4 rings (SSSR count). The van der Waals surface area contributed by atoms with Crippen molar-refractivity contribution in [3.05, 3.63) is 18.2 Å². The average molecular weight is 514 g/mol. The molecule has 37 heavy (non-hydrogen) atoms. The molecule has 209 valence electrons. The summed E-state index contributed by atoms with van der Waals surface area (Å²) >= 11 is 0. The van der Waals surface area contributed by atoms with Crippen molar-refractivity contribution in [2.45, 2.75) is 118 Å². The topological polar surface area (TPSA) is 67.4 Å². The van der Waals surface area contributed by atoms with Gasteiger partial charge in [0, 0.05) is 13.0 Å². The van der Waals surface area contributed by atoms with Crippen molar-refractivity contribution < 1.29 is 14.3 Å². The normalized spacial score (nSPS) is 37.6. The van der Waals surface area contributed by atoms with Crippen molar-refractivity contribution in [1.82, 2.24) is 10.6 Å². The molecule has 0 aliphatic heterocycles. The predicted octanol–water partition coefficient (Wildman–Crippen LogP) is 7.42. The third-order valence-electron chi connectivity index (χ3n) is 11.2. The van der Waals surface area contributed by atoms with E-state index in [9.17, 15) is 9.59 Å².